The van der Waals surface area contributed by atoms with Gasteiger partial charge >= 0.3 is 5.97 Å². The van der Waals surface area contributed by atoms with E-state index in [9.17, 15) is 4.79 Å². The van der Waals surface area contributed by atoms with Crippen molar-refractivity contribution in [2.75, 3.05) is 0 Å². The Hall–Kier alpha value is -1.79. The molecule has 116 valence electrons. The van der Waals surface area contributed by atoms with Crippen LogP contribution in [0.25, 0.3) is 0 Å². The third-order valence-corrected chi connectivity index (χ3v) is 2.69. The molecule has 1 aliphatic heterocycles. The average Bonchev–Trinajstić information content (AvgIpc) is 2.60. The van der Waals surface area contributed by atoms with Crippen LogP contribution in [0, 0.1) is 0 Å². The van der Waals surface area contributed by atoms with Crippen molar-refractivity contribution in [1.29, 1.82) is 0 Å². The number of nitrogens with two attached hydrogens (primary N) is 1. The standard InChI is InChI=1S/C15H21NO5/c1-14(2,3)21-13(17)10-6-9(8-18-16)7-11-12(10)20-15(4,5)19-11/h6-7H,8,16H2,1-5H3. The first kappa shape index (κ1) is 15.6. The Balaban J connectivity index is 2.43. The van der Waals surface area contributed by atoms with E-state index in [2.05, 4.69) is 4.84 Å². The number of carbonyl (C=O) groups excluding carboxylic acids is 1. The molecular weight excluding hydrogens is 274 g/mol. The molecule has 2 N–H and O–H groups in total. The molecule has 6 heteroatoms. The van der Waals surface area contributed by atoms with Gasteiger partial charge < -0.3 is 14.2 Å². The Labute approximate surface area is 124 Å². The van der Waals surface area contributed by atoms with Gasteiger partial charge in [0.15, 0.2) is 11.5 Å². The number of esters is 1. The largest absolute Gasteiger partial charge is 0.456 e. The molecule has 0 radical (unpaired) electrons. The first-order valence-corrected chi connectivity index (χ1v) is 6.71. The van der Waals surface area contributed by atoms with Gasteiger partial charge in [-0.3, -0.25) is 4.84 Å². The van der Waals surface area contributed by atoms with Gasteiger partial charge in [-0.05, 0) is 38.5 Å². The summed E-state index contributed by atoms with van der Waals surface area (Å²) < 4.78 is 16.8. The summed E-state index contributed by atoms with van der Waals surface area (Å²) in [5, 5.41) is 0. The molecule has 0 atom stereocenters. The number of carbonyl (C=O) groups is 1. The van der Waals surface area contributed by atoms with Crippen molar-refractivity contribution in [3.63, 3.8) is 0 Å². The summed E-state index contributed by atoms with van der Waals surface area (Å²) in [5.74, 6) is 4.66. The molecule has 0 spiro atoms. The van der Waals surface area contributed by atoms with Gasteiger partial charge in [-0.2, -0.15) is 0 Å². The first-order chi connectivity index (χ1) is 9.61. The summed E-state index contributed by atoms with van der Waals surface area (Å²) in [4.78, 5) is 17.0. The van der Waals surface area contributed by atoms with E-state index in [-0.39, 0.29) is 6.61 Å². The maximum absolute atomic E-state index is 12.4. The van der Waals surface area contributed by atoms with Crippen LogP contribution < -0.4 is 15.4 Å². The molecule has 0 amide bonds. The fourth-order valence-corrected chi connectivity index (χ4v) is 2.04. The molecule has 0 saturated carbocycles. The zero-order valence-corrected chi connectivity index (χ0v) is 13.0. The second-order valence-corrected chi connectivity index (χ2v) is 6.39. The Morgan fingerprint density at radius 2 is 1.95 bits per heavy atom. The lowest BCUT2D eigenvalue weighted by atomic mass is 10.1. The highest BCUT2D eigenvalue weighted by atomic mass is 16.7. The van der Waals surface area contributed by atoms with E-state index in [1.807, 2.05) is 0 Å². The minimum Gasteiger partial charge on any atom is -0.456 e. The maximum Gasteiger partial charge on any atom is 0.342 e. The van der Waals surface area contributed by atoms with Crippen LogP contribution >= 0.6 is 0 Å². The van der Waals surface area contributed by atoms with E-state index >= 15 is 0 Å². The highest BCUT2D eigenvalue weighted by Crippen LogP contribution is 2.43. The van der Waals surface area contributed by atoms with E-state index in [1.165, 1.54) is 0 Å². The zero-order valence-electron chi connectivity index (χ0n) is 13.0. The fraction of sp³-hybridized carbons (Fsp3) is 0.533. The third-order valence-electron chi connectivity index (χ3n) is 2.69. The van der Waals surface area contributed by atoms with Gasteiger partial charge in [-0.15, -0.1) is 0 Å². The van der Waals surface area contributed by atoms with Crippen molar-refractivity contribution in [2.45, 2.75) is 52.6 Å². The summed E-state index contributed by atoms with van der Waals surface area (Å²) in [6.45, 7) is 9.11. The summed E-state index contributed by atoms with van der Waals surface area (Å²) in [6.07, 6.45) is 0. The lowest BCUT2D eigenvalue weighted by Crippen LogP contribution is -2.30. The minimum absolute atomic E-state index is 0.160. The monoisotopic (exact) mass is 295 g/mol. The van der Waals surface area contributed by atoms with Gasteiger partial charge in [-0.1, -0.05) is 0 Å². The van der Waals surface area contributed by atoms with Gasteiger partial charge in [0, 0.05) is 13.8 Å². The Morgan fingerprint density at radius 3 is 2.52 bits per heavy atom. The normalized spacial score (nSPS) is 15.9. The Morgan fingerprint density at radius 1 is 1.29 bits per heavy atom. The lowest BCUT2D eigenvalue weighted by molar-refractivity contribution is -0.0437. The minimum atomic E-state index is -0.832. The number of benzene rings is 1. The molecule has 6 nitrogen and oxygen atoms in total. The van der Waals surface area contributed by atoms with Crippen LogP contribution in [0.4, 0.5) is 0 Å². The zero-order chi connectivity index (χ0) is 15.8. The van der Waals surface area contributed by atoms with Crippen LogP contribution in [0.5, 0.6) is 11.5 Å². The molecule has 1 heterocycles. The summed E-state index contributed by atoms with van der Waals surface area (Å²) >= 11 is 0. The van der Waals surface area contributed by atoms with Crippen molar-refractivity contribution in [3.8, 4) is 11.5 Å². The van der Waals surface area contributed by atoms with E-state index in [0.717, 1.165) is 0 Å². The summed E-state index contributed by atoms with van der Waals surface area (Å²) in [6, 6.07) is 3.38. The second kappa shape index (κ2) is 5.20. The SMILES string of the molecule is CC(C)(C)OC(=O)c1cc(CON)cc2c1OC(C)(C)O2. The van der Waals surface area contributed by atoms with Crippen molar-refractivity contribution >= 4 is 5.97 Å². The van der Waals surface area contributed by atoms with Crippen LogP contribution in [0.1, 0.15) is 50.5 Å². The van der Waals surface area contributed by atoms with E-state index in [1.54, 1.807) is 46.8 Å². The van der Waals surface area contributed by atoms with E-state index in [4.69, 9.17) is 20.1 Å². The van der Waals surface area contributed by atoms with Crippen molar-refractivity contribution < 1.29 is 23.8 Å². The average molecular weight is 295 g/mol. The topological polar surface area (TPSA) is 80.0 Å². The predicted molar refractivity (Wildman–Crippen MR) is 75.9 cm³/mol. The molecule has 1 aromatic rings. The number of hydrogen-bond acceptors (Lipinski definition) is 6. The molecule has 0 bridgehead atoms. The van der Waals surface area contributed by atoms with Gasteiger partial charge in [0.1, 0.15) is 11.2 Å². The molecule has 1 aliphatic rings. The molecule has 2 rings (SSSR count). The molecule has 21 heavy (non-hydrogen) atoms. The van der Waals surface area contributed by atoms with Crippen LogP contribution in [-0.2, 0) is 16.2 Å². The van der Waals surface area contributed by atoms with Gasteiger partial charge in [0.2, 0.25) is 5.79 Å². The van der Waals surface area contributed by atoms with Crippen molar-refractivity contribution in [1.82, 2.24) is 0 Å². The predicted octanol–water partition coefficient (Wildman–Crippen LogP) is 2.54. The second-order valence-electron chi connectivity index (χ2n) is 6.39. The molecule has 0 aromatic heterocycles. The van der Waals surface area contributed by atoms with Gasteiger partial charge in [0.05, 0.1) is 6.61 Å². The van der Waals surface area contributed by atoms with Crippen LogP contribution in [0.15, 0.2) is 12.1 Å². The van der Waals surface area contributed by atoms with Gasteiger partial charge in [0.25, 0.3) is 0 Å². The number of rotatable bonds is 3. The van der Waals surface area contributed by atoms with Crippen LogP contribution in [0.3, 0.4) is 0 Å². The number of fused-ring (bicyclic) bond motifs is 1. The Bertz CT molecular complexity index is 560. The highest BCUT2D eigenvalue weighted by Gasteiger charge is 2.36. The quantitative estimate of drug-likeness (QED) is 0.682. The maximum atomic E-state index is 12.4. The molecule has 0 aliphatic carbocycles. The van der Waals surface area contributed by atoms with Crippen LogP contribution in [-0.4, -0.2) is 17.4 Å². The van der Waals surface area contributed by atoms with Crippen LogP contribution in [0.2, 0.25) is 0 Å². The third kappa shape index (κ3) is 3.65. The molecule has 1 aromatic carbocycles. The summed E-state index contributed by atoms with van der Waals surface area (Å²) in [5.41, 5.74) is 0.415. The summed E-state index contributed by atoms with van der Waals surface area (Å²) in [7, 11) is 0. The lowest BCUT2D eigenvalue weighted by Gasteiger charge is -2.20. The van der Waals surface area contributed by atoms with E-state index < -0.39 is 17.4 Å². The Kier molecular flexibility index (Phi) is 3.86. The molecule has 0 fully saturated rings. The van der Waals surface area contributed by atoms with Crippen molar-refractivity contribution in [3.05, 3.63) is 23.3 Å². The molecular formula is C15H21NO5. The number of hydrogen-bond donors (Lipinski definition) is 1. The van der Waals surface area contributed by atoms with E-state index in [0.29, 0.717) is 22.6 Å². The fourth-order valence-electron chi connectivity index (χ4n) is 2.04. The first-order valence-electron chi connectivity index (χ1n) is 6.71. The van der Waals surface area contributed by atoms with Crippen molar-refractivity contribution in [2.24, 2.45) is 5.90 Å². The molecule has 0 unspecified atom stereocenters. The number of ether oxygens (including phenoxy) is 3. The van der Waals surface area contributed by atoms with Gasteiger partial charge in [-0.25, -0.2) is 10.7 Å². The smallest absolute Gasteiger partial charge is 0.342 e. The molecule has 0 saturated heterocycles. The highest BCUT2D eigenvalue weighted by molar-refractivity contribution is 5.94.